The van der Waals surface area contributed by atoms with E-state index in [1.807, 2.05) is 0 Å². The predicted molar refractivity (Wildman–Crippen MR) is 65.6 cm³/mol. The molecule has 0 bridgehead atoms. The van der Waals surface area contributed by atoms with Crippen molar-refractivity contribution >= 4 is 5.69 Å². The molecule has 0 radical (unpaired) electrons. The monoisotopic (exact) mass is 258 g/mol. The van der Waals surface area contributed by atoms with E-state index in [0.29, 0.717) is 12.6 Å². The van der Waals surface area contributed by atoms with E-state index in [2.05, 4.69) is 10.6 Å². The van der Waals surface area contributed by atoms with Gasteiger partial charge in [0.05, 0.1) is 5.56 Å². The van der Waals surface area contributed by atoms with Crippen molar-refractivity contribution < 1.29 is 13.2 Å². The first-order chi connectivity index (χ1) is 8.57. The SMILES string of the molecule is FC(F)(F)c1ccccc1NCCC1CCCN1. The number of alkyl halides is 3. The molecule has 100 valence electrons. The Morgan fingerprint density at radius 3 is 2.72 bits per heavy atom. The molecule has 1 aromatic rings. The van der Waals surface area contributed by atoms with E-state index in [4.69, 9.17) is 0 Å². The van der Waals surface area contributed by atoms with Gasteiger partial charge in [0, 0.05) is 18.3 Å². The third-order valence-electron chi connectivity index (χ3n) is 3.20. The first-order valence-corrected chi connectivity index (χ1v) is 6.21. The Labute approximate surface area is 105 Å². The number of rotatable bonds is 4. The quantitative estimate of drug-likeness (QED) is 0.866. The van der Waals surface area contributed by atoms with E-state index in [1.54, 1.807) is 6.07 Å². The highest BCUT2D eigenvalue weighted by atomic mass is 19.4. The minimum Gasteiger partial charge on any atom is -0.384 e. The molecule has 1 aliphatic heterocycles. The largest absolute Gasteiger partial charge is 0.418 e. The summed E-state index contributed by atoms with van der Waals surface area (Å²) in [5.74, 6) is 0. The molecule has 2 rings (SSSR count). The zero-order valence-corrected chi connectivity index (χ0v) is 10.1. The molecule has 18 heavy (non-hydrogen) atoms. The van der Waals surface area contributed by atoms with Gasteiger partial charge < -0.3 is 10.6 Å². The summed E-state index contributed by atoms with van der Waals surface area (Å²) in [6, 6.07) is 6.05. The van der Waals surface area contributed by atoms with Crippen LogP contribution in [0.5, 0.6) is 0 Å². The van der Waals surface area contributed by atoms with Gasteiger partial charge in [0.1, 0.15) is 0 Å². The fourth-order valence-corrected chi connectivity index (χ4v) is 2.27. The van der Waals surface area contributed by atoms with Crippen molar-refractivity contribution in [1.82, 2.24) is 5.32 Å². The van der Waals surface area contributed by atoms with Crippen molar-refractivity contribution in [3.05, 3.63) is 29.8 Å². The molecule has 1 atom stereocenters. The van der Waals surface area contributed by atoms with Crippen LogP contribution in [-0.2, 0) is 6.18 Å². The highest BCUT2D eigenvalue weighted by Crippen LogP contribution is 2.34. The Morgan fingerprint density at radius 1 is 1.28 bits per heavy atom. The van der Waals surface area contributed by atoms with Gasteiger partial charge in [-0.2, -0.15) is 13.2 Å². The summed E-state index contributed by atoms with van der Waals surface area (Å²) < 4.78 is 38.2. The summed E-state index contributed by atoms with van der Waals surface area (Å²) in [5, 5.41) is 6.21. The summed E-state index contributed by atoms with van der Waals surface area (Å²) in [5.41, 5.74) is -0.424. The molecule has 1 saturated heterocycles. The van der Waals surface area contributed by atoms with Crippen LogP contribution in [0.2, 0.25) is 0 Å². The molecule has 0 spiro atoms. The number of halogens is 3. The van der Waals surface area contributed by atoms with Crippen LogP contribution in [0.15, 0.2) is 24.3 Å². The second kappa shape index (κ2) is 5.61. The summed E-state index contributed by atoms with van der Waals surface area (Å²) in [7, 11) is 0. The van der Waals surface area contributed by atoms with Crippen LogP contribution in [0.3, 0.4) is 0 Å². The fourth-order valence-electron chi connectivity index (χ4n) is 2.27. The van der Waals surface area contributed by atoms with Crippen molar-refractivity contribution in [2.45, 2.75) is 31.5 Å². The van der Waals surface area contributed by atoms with Crippen molar-refractivity contribution in [2.75, 3.05) is 18.4 Å². The summed E-state index contributed by atoms with van der Waals surface area (Å²) >= 11 is 0. The third-order valence-corrected chi connectivity index (χ3v) is 3.20. The number of anilines is 1. The van der Waals surface area contributed by atoms with Crippen LogP contribution in [-0.4, -0.2) is 19.1 Å². The lowest BCUT2D eigenvalue weighted by Gasteiger charge is -2.16. The van der Waals surface area contributed by atoms with Crippen LogP contribution in [0.4, 0.5) is 18.9 Å². The fraction of sp³-hybridized carbons (Fsp3) is 0.538. The zero-order valence-electron chi connectivity index (χ0n) is 10.1. The van der Waals surface area contributed by atoms with Gasteiger partial charge in [-0.15, -0.1) is 0 Å². The maximum Gasteiger partial charge on any atom is 0.418 e. The van der Waals surface area contributed by atoms with E-state index in [1.165, 1.54) is 12.1 Å². The molecular formula is C13H17F3N2. The van der Waals surface area contributed by atoms with Crippen molar-refractivity contribution in [3.8, 4) is 0 Å². The molecule has 0 aromatic heterocycles. The molecule has 1 fully saturated rings. The average Bonchev–Trinajstić information content (AvgIpc) is 2.81. The van der Waals surface area contributed by atoms with Gasteiger partial charge in [-0.3, -0.25) is 0 Å². The lowest BCUT2D eigenvalue weighted by Crippen LogP contribution is -2.24. The Morgan fingerprint density at radius 2 is 2.06 bits per heavy atom. The minimum atomic E-state index is -4.30. The predicted octanol–water partition coefficient (Wildman–Crippen LogP) is 3.26. The van der Waals surface area contributed by atoms with Gasteiger partial charge in [-0.25, -0.2) is 0 Å². The Bertz CT molecular complexity index is 384. The smallest absolute Gasteiger partial charge is 0.384 e. The van der Waals surface area contributed by atoms with Gasteiger partial charge in [-0.05, 0) is 37.9 Å². The molecule has 0 amide bonds. The van der Waals surface area contributed by atoms with Crippen LogP contribution in [0, 0.1) is 0 Å². The highest BCUT2D eigenvalue weighted by Gasteiger charge is 2.33. The average molecular weight is 258 g/mol. The molecule has 1 unspecified atom stereocenters. The molecule has 1 heterocycles. The second-order valence-electron chi connectivity index (χ2n) is 4.55. The topological polar surface area (TPSA) is 24.1 Å². The maximum atomic E-state index is 12.7. The summed E-state index contributed by atoms with van der Waals surface area (Å²) in [6.07, 6.45) is -1.17. The summed E-state index contributed by atoms with van der Waals surface area (Å²) in [6.45, 7) is 1.58. The molecule has 2 N–H and O–H groups in total. The minimum absolute atomic E-state index is 0.169. The molecule has 5 heteroatoms. The molecular weight excluding hydrogens is 241 g/mol. The van der Waals surface area contributed by atoms with E-state index >= 15 is 0 Å². The van der Waals surface area contributed by atoms with Crippen molar-refractivity contribution in [1.29, 1.82) is 0 Å². The molecule has 0 saturated carbocycles. The first-order valence-electron chi connectivity index (χ1n) is 6.21. The number of benzene rings is 1. The number of para-hydroxylation sites is 1. The van der Waals surface area contributed by atoms with Crippen molar-refractivity contribution in [2.24, 2.45) is 0 Å². The molecule has 1 aliphatic rings. The Kier molecular flexibility index (Phi) is 4.11. The van der Waals surface area contributed by atoms with E-state index < -0.39 is 11.7 Å². The van der Waals surface area contributed by atoms with E-state index in [9.17, 15) is 13.2 Å². The molecule has 2 nitrogen and oxygen atoms in total. The van der Waals surface area contributed by atoms with Crippen LogP contribution >= 0.6 is 0 Å². The van der Waals surface area contributed by atoms with Gasteiger partial charge in [0.2, 0.25) is 0 Å². The number of hydrogen-bond acceptors (Lipinski definition) is 2. The zero-order chi connectivity index (χ0) is 13.0. The maximum absolute atomic E-state index is 12.7. The first kappa shape index (κ1) is 13.2. The van der Waals surface area contributed by atoms with Crippen LogP contribution < -0.4 is 10.6 Å². The lowest BCUT2D eigenvalue weighted by atomic mass is 10.1. The molecule has 0 aliphatic carbocycles. The third kappa shape index (κ3) is 3.38. The van der Waals surface area contributed by atoms with Crippen LogP contribution in [0.1, 0.15) is 24.8 Å². The number of nitrogens with one attached hydrogen (secondary N) is 2. The standard InChI is InChI=1S/C13H17F3N2/c14-13(15,16)11-5-1-2-6-12(11)18-9-7-10-4-3-8-17-10/h1-2,5-6,10,17-18H,3-4,7-9H2. The molecule has 1 aromatic carbocycles. The van der Waals surface area contributed by atoms with Gasteiger partial charge in [0.15, 0.2) is 0 Å². The van der Waals surface area contributed by atoms with E-state index in [-0.39, 0.29) is 5.69 Å². The Hall–Kier alpha value is -1.23. The highest BCUT2D eigenvalue weighted by molar-refractivity contribution is 5.52. The second-order valence-corrected chi connectivity index (χ2v) is 4.55. The lowest BCUT2D eigenvalue weighted by molar-refractivity contribution is -0.136. The normalized spacial score (nSPS) is 20.1. The summed E-state index contributed by atoms with van der Waals surface area (Å²) in [4.78, 5) is 0. The van der Waals surface area contributed by atoms with Gasteiger partial charge in [0.25, 0.3) is 0 Å². The van der Waals surface area contributed by atoms with E-state index in [0.717, 1.165) is 31.9 Å². The van der Waals surface area contributed by atoms with Gasteiger partial charge in [-0.1, -0.05) is 12.1 Å². The van der Waals surface area contributed by atoms with Crippen molar-refractivity contribution in [3.63, 3.8) is 0 Å². The van der Waals surface area contributed by atoms with Crippen LogP contribution in [0.25, 0.3) is 0 Å². The number of hydrogen-bond donors (Lipinski definition) is 2. The Balaban J connectivity index is 1.92. The van der Waals surface area contributed by atoms with Gasteiger partial charge >= 0.3 is 6.18 Å².